The van der Waals surface area contributed by atoms with Gasteiger partial charge in [0.1, 0.15) is 12.4 Å². The molecule has 1 heterocycles. The Morgan fingerprint density at radius 1 is 0.889 bits per heavy atom. The lowest BCUT2D eigenvalue weighted by atomic mass is 9.98. The van der Waals surface area contributed by atoms with Crippen LogP contribution in [0.5, 0.6) is 5.75 Å². The van der Waals surface area contributed by atoms with Crippen LogP contribution in [0, 0.1) is 0 Å². The number of nitrogens with one attached hydrogen (secondary N) is 1. The highest BCUT2D eigenvalue weighted by Crippen LogP contribution is 2.34. The van der Waals surface area contributed by atoms with E-state index in [0.717, 1.165) is 34.5 Å². The van der Waals surface area contributed by atoms with Crippen LogP contribution < -0.4 is 15.0 Å². The maximum atomic E-state index is 12.7. The van der Waals surface area contributed by atoms with E-state index in [1.807, 2.05) is 72.8 Å². The van der Waals surface area contributed by atoms with E-state index in [9.17, 15) is 15.0 Å². The predicted octanol–water partition coefficient (Wildman–Crippen LogP) is 4.67. The van der Waals surface area contributed by atoms with Crippen LogP contribution in [-0.4, -0.2) is 29.3 Å². The summed E-state index contributed by atoms with van der Waals surface area (Å²) in [6, 6.07) is 30.8. The number of hydrogen-bond acceptors (Lipinski definition) is 5. The Balaban J connectivity index is 1.28. The van der Waals surface area contributed by atoms with Crippen molar-refractivity contribution in [3.63, 3.8) is 0 Å². The van der Waals surface area contributed by atoms with Gasteiger partial charge in [-0.05, 0) is 40.5 Å². The smallest absolute Gasteiger partial charge is 0.251 e. The SMILES string of the molecule is O=C(NCc1ccccc1)c1ccc2c(c1)OCCN2Cc1ccc(-c2ccccc2C(O)O)cc1. The molecule has 0 unspecified atom stereocenters. The third kappa shape index (κ3) is 5.25. The molecule has 5 rings (SSSR count). The summed E-state index contributed by atoms with van der Waals surface area (Å²) < 4.78 is 5.89. The largest absolute Gasteiger partial charge is 0.490 e. The van der Waals surface area contributed by atoms with Crippen LogP contribution in [-0.2, 0) is 13.1 Å². The normalized spacial score (nSPS) is 12.7. The topological polar surface area (TPSA) is 82.0 Å². The molecule has 1 aliphatic rings. The molecule has 4 aromatic carbocycles. The van der Waals surface area contributed by atoms with Crippen LogP contribution in [0.15, 0.2) is 97.1 Å². The molecule has 6 nitrogen and oxygen atoms in total. The van der Waals surface area contributed by atoms with Crippen molar-refractivity contribution < 1.29 is 19.7 Å². The van der Waals surface area contributed by atoms with Crippen LogP contribution in [0.3, 0.4) is 0 Å². The van der Waals surface area contributed by atoms with Gasteiger partial charge < -0.3 is 25.2 Å². The van der Waals surface area contributed by atoms with Crippen molar-refractivity contribution in [1.82, 2.24) is 5.32 Å². The minimum absolute atomic E-state index is 0.133. The van der Waals surface area contributed by atoms with E-state index in [4.69, 9.17) is 4.74 Å². The molecule has 0 spiro atoms. The third-order valence-electron chi connectivity index (χ3n) is 6.35. The molecule has 4 aromatic rings. The predicted molar refractivity (Wildman–Crippen MR) is 140 cm³/mol. The van der Waals surface area contributed by atoms with Crippen LogP contribution >= 0.6 is 0 Å². The van der Waals surface area contributed by atoms with Gasteiger partial charge in [0, 0.05) is 24.2 Å². The quantitative estimate of drug-likeness (QED) is 0.335. The first-order valence-electron chi connectivity index (χ1n) is 12.0. The molecule has 36 heavy (non-hydrogen) atoms. The molecule has 0 saturated heterocycles. The van der Waals surface area contributed by atoms with E-state index < -0.39 is 6.29 Å². The lowest BCUT2D eigenvalue weighted by Crippen LogP contribution is -2.32. The Morgan fingerprint density at radius 3 is 2.42 bits per heavy atom. The molecule has 0 fully saturated rings. The first-order chi connectivity index (χ1) is 17.6. The number of carbonyl (C=O) groups is 1. The van der Waals surface area contributed by atoms with E-state index in [1.54, 1.807) is 12.1 Å². The highest BCUT2D eigenvalue weighted by molar-refractivity contribution is 5.95. The molecule has 3 N–H and O–H groups in total. The number of nitrogens with zero attached hydrogens (tertiary/aromatic N) is 1. The standard InChI is InChI=1S/C30H28N2O4/c33-29(31-19-21-6-2-1-3-7-21)24-14-15-27-28(18-24)36-17-16-32(27)20-22-10-12-23(13-11-22)25-8-4-5-9-26(25)30(34)35/h1-15,18,30,34-35H,16-17,19-20H2,(H,31,33). The highest BCUT2D eigenvalue weighted by Gasteiger charge is 2.20. The molecular formula is C30H28N2O4. The van der Waals surface area contributed by atoms with Gasteiger partial charge in [-0.15, -0.1) is 0 Å². The second-order valence-corrected chi connectivity index (χ2v) is 8.78. The van der Waals surface area contributed by atoms with Crippen molar-refractivity contribution in [2.24, 2.45) is 0 Å². The molecule has 0 radical (unpaired) electrons. The zero-order valence-corrected chi connectivity index (χ0v) is 19.8. The summed E-state index contributed by atoms with van der Waals surface area (Å²) >= 11 is 0. The summed E-state index contributed by atoms with van der Waals surface area (Å²) in [5.41, 5.74) is 5.91. The van der Waals surface area contributed by atoms with Crippen molar-refractivity contribution in [2.45, 2.75) is 19.4 Å². The van der Waals surface area contributed by atoms with E-state index in [-0.39, 0.29) is 5.91 Å². The second kappa shape index (κ2) is 10.6. The van der Waals surface area contributed by atoms with Crippen LogP contribution in [0.1, 0.15) is 33.3 Å². The van der Waals surface area contributed by atoms with Gasteiger partial charge in [-0.1, -0.05) is 78.9 Å². The summed E-state index contributed by atoms with van der Waals surface area (Å²) in [6.45, 7) is 2.46. The van der Waals surface area contributed by atoms with Gasteiger partial charge in [-0.25, -0.2) is 0 Å². The summed E-state index contributed by atoms with van der Waals surface area (Å²) in [5.74, 6) is 0.572. The lowest BCUT2D eigenvalue weighted by Gasteiger charge is -2.31. The average Bonchev–Trinajstić information content (AvgIpc) is 2.92. The van der Waals surface area contributed by atoms with E-state index in [0.29, 0.717) is 36.6 Å². The minimum atomic E-state index is -1.52. The average molecular weight is 481 g/mol. The number of fused-ring (bicyclic) bond motifs is 1. The Bertz CT molecular complexity index is 1340. The number of rotatable bonds is 7. The van der Waals surface area contributed by atoms with Crippen molar-refractivity contribution in [2.75, 3.05) is 18.1 Å². The van der Waals surface area contributed by atoms with Crippen molar-refractivity contribution in [3.8, 4) is 16.9 Å². The molecule has 1 amide bonds. The first kappa shape index (κ1) is 23.6. The fourth-order valence-corrected chi connectivity index (χ4v) is 4.46. The minimum Gasteiger partial charge on any atom is -0.490 e. The number of hydrogen-bond donors (Lipinski definition) is 3. The van der Waals surface area contributed by atoms with Crippen LogP contribution in [0.2, 0.25) is 0 Å². The number of carbonyl (C=O) groups excluding carboxylic acids is 1. The summed E-state index contributed by atoms with van der Waals surface area (Å²) in [6.07, 6.45) is -1.52. The van der Waals surface area contributed by atoms with Gasteiger partial charge in [0.2, 0.25) is 0 Å². The van der Waals surface area contributed by atoms with Crippen molar-refractivity contribution >= 4 is 11.6 Å². The molecule has 182 valence electrons. The second-order valence-electron chi connectivity index (χ2n) is 8.78. The molecule has 0 aliphatic carbocycles. The zero-order chi connectivity index (χ0) is 24.9. The summed E-state index contributed by atoms with van der Waals surface area (Å²) in [7, 11) is 0. The summed E-state index contributed by atoms with van der Waals surface area (Å²) in [4.78, 5) is 14.9. The van der Waals surface area contributed by atoms with Gasteiger partial charge in [-0.2, -0.15) is 0 Å². The Labute approximate surface area is 210 Å². The van der Waals surface area contributed by atoms with Crippen molar-refractivity contribution in [1.29, 1.82) is 0 Å². The zero-order valence-electron chi connectivity index (χ0n) is 19.8. The number of aliphatic hydroxyl groups excluding tert-OH is 1. The maximum Gasteiger partial charge on any atom is 0.251 e. The number of ether oxygens (including phenoxy) is 1. The molecule has 1 aliphatic heterocycles. The Morgan fingerprint density at radius 2 is 1.64 bits per heavy atom. The summed E-state index contributed by atoms with van der Waals surface area (Å²) in [5, 5.41) is 22.3. The fraction of sp³-hybridized carbons (Fsp3) is 0.167. The fourth-order valence-electron chi connectivity index (χ4n) is 4.46. The first-order valence-corrected chi connectivity index (χ1v) is 12.0. The number of benzene rings is 4. The lowest BCUT2D eigenvalue weighted by molar-refractivity contribution is -0.0420. The highest BCUT2D eigenvalue weighted by atomic mass is 16.5. The third-order valence-corrected chi connectivity index (χ3v) is 6.35. The van der Waals surface area contributed by atoms with Gasteiger partial charge in [-0.3, -0.25) is 4.79 Å². The van der Waals surface area contributed by atoms with E-state index in [2.05, 4.69) is 22.3 Å². The van der Waals surface area contributed by atoms with E-state index >= 15 is 0 Å². The molecule has 0 aromatic heterocycles. The van der Waals surface area contributed by atoms with Gasteiger partial charge >= 0.3 is 0 Å². The van der Waals surface area contributed by atoms with Crippen LogP contribution in [0.4, 0.5) is 5.69 Å². The van der Waals surface area contributed by atoms with Gasteiger partial charge in [0.25, 0.3) is 5.91 Å². The van der Waals surface area contributed by atoms with Gasteiger partial charge in [0.15, 0.2) is 6.29 Å². The number of anilines is 1. The molecule has 6 heteroatoms. The monoisotopic (exact) mass is 480 g/mol. The Kier molecular flexibility index (Phi) is 6.98. The maximum absolute atomic E-state index is 12.7. The number of amides is 1. The van der Waals surface area contributed by atoms with Crippen LogP contribution in [0.25, 0.3) is 11.1 Å². The molecule has 0 saturated carbocycles. The number of aliphatic hydroxyl groups is 2. The van der Waals surface area contributed by atoms with Crippen molar-refractivity contribution in [3.05, 3.63) is 119 Å². The molecule has 0 atom stereocenters. The Hall–Kier alpha value is -4.13. The van der Waals surface area contributed by atoms with Gasteiger partial charge in [0.05, 0.1) is 12.2 Å². The molecular weight excluding hydrogens is 452 g/mol. The molecule has 0 bridgehead atoms. The van der Waals surface area contributed by atoms with E-state index in [1.165, 1.54) is 0 Å².